The summed E-state index contributed by atoms with van der Waals surface area (Å²) >= 11 is 0. The maximum Gasteiger partial charge on any atom is 0.354 e. The molecule has 2 aliphatic rings. The Balaban J connectivity index is 1.65. The number of ether oxygens (including phenoxy) is 2. The van der Waals surface area contributed by atoms with E-state index in [-0.39, 0.29) is 42.0 Å². The molecule has 190 valence electrons. The number of nitrogens with zero attached hydrogens (tertiary/aromatic N) is 2. The first-order chi connectivity index (χ1) is 17.6. The van der Waals surface area contributed by atoms with Gasteiger partial charge in [0.2, 0.25) is 5.91 Å². The van der Waals surface area contributed by atoms with Crippen molar-refractivity contribution < 1.29 is 29.0 Å². The van der Waals surface area contributed by atoms with E-state index in [9.17, 15) is 24.3 Å². The van der Waals surface area contributed by atoms with Crippen LogP contribution in [0.4, 0.5) is 5.69 Å². The predicted octanol–water partition coefficient (Wildman–Crippen LogP) is 1.31. The molecule has 0 fully saturated rings. The fourth-order valence-electron chi connectivity index (χ4n) is 4.82. The molecule has 1 unspecified atom stereocenters. The summed E-state index contributed by atoms with van der Waals surface area (Å²) in [5, 5.41) is 14.0. The van der Waals surface area contributed by atoms with Crippen LogP contribution in [0.5, 0.6) is 0 Å². The van der Waals surface area contributed by atoms with Crippen LogP contribution in [0.1, 0.15) is 42.5 Å². The molecule has 37 heavy (non-hydrogen) atoms. The second kappa shape index (κ2) is 8.56. The van der Waals surface area contributed by atoms with Crippen molar-refractivity contribution in [3.8, 4) is 11.4 Å². The van der Waals surface area contributed by atoms with Crippen molar-refractivity contribution >= 4 is 40.5 Å². The number of carbonyl (C=O) groups is 3. The summed E-state index contributed by atoms with van der Waals surface area (Å²) in [4.78, 5) is 54.0. The molecule has 1 amide bonds. The van der Waals surface area contributed by atoms with Gasteiger partial charge in [-0.1, -0.05) is 13.0 Å². The number of hydrogen-bond donors (Lipinski definition) is 3. The van der Waals surface area contributed by atoms with Crippen molar-refractivity contribution in [1.29, 1.82) is 0 Å². The second-order valence-corrected chi connectivity index (χ2v) is 8.97. The number of nitrogens with two attached hydrogens (primary N) is 1. The maximum atomic E-state index is 13.3. The molecule has 4 N–H and O–H groups in total. The molecule has 5 rings (SSSR count). The third-order valence-corrected chi connectivity index (χ3v) is 6.78. The van der Waals surface area contributed by atoms with Gasteiger partial charge < -0.3 is 30.2 Å². The van der Waals surface area contributed by atoms with E-state index in [2.05, 4.69) is 5.32 Å². The average Bonchev–Trinajstić information content (AvgIpc) is 3.24. The molecule has 3 aromatic rings. The molecule has 0 bridgehead atoms. The van der Waals surface area contributed by atoms with Gasteiger partial charge in [-0.05, 0) is 30.7 Å². The number of amides is 1. The number of hydrogen-bond acceptors (Lipinski definition) is 9. The normalized spacial score (nSPS) is 18.1. The number of carbonyl (C=O) groups excluding carboxylic acids is 3. The quantitative estimate of drug-likeness (QED) is 0.211. The minimum absolute atomic E-state index is 0.0542. The number of methoxy groups -OCH3 is 1. The Labute approximate surface area is 210 Å². The number of cyclic esters (lactones) is 1. The number of pyridine rings is 2. The fourth-order valence-corrected chi connectivity index (χ4v) is 4.82. The zero-order valence-corrected chi connectivity index (χ0v) is 20.4. The average molecular weight is 504 g/mol. The number of nitrogen functional groups attached to an aromatic ring is 1. The van der Waals surface area contributed by atoms with Crippen LogP contribution >= 0.6 is 0 Å². The fraction of sp³-hybridized carbons (Fsp3) is 0.269. The van der Waals surface area contributed by atoms with Gasteiger partial charge in [-0.15, -0.1) is 0 Å². The number of benzene rings is 1. The highest BCUT2D eigenvalue weighted by atomic mass is 16.6. The summed E-state index contributed by atoms with van der Waals surface area (Å²) in [5.74, 6) is -1.95. The van der Waals surface area contributed by atoms with E-state index in [0.29, 0.717) is 33.5 Å². The molecule has 11 nitrogen and oxygen atoms in total. The van der Waals surface area contributed by atoms with Crippen LogP contribution in [0.15, 0.2) is 34.8 Å². The first kappa shape index (κ1) is 24.2. The summed E-state index contributed by atoms with van der Waals surface area (Å²) in [6.45, 7) is 2.93. The highest BCUT2D eigenvalue weighted by molar-refractivity contribution is 6.02. The molecular weight excluding hydrogens is 480 g/mol. The lowest BCUT2D eigenvalue weighted by molar-refractivity contribution is -0.172. The number of nitrogens with one attached hydrogen (secondary N) is 1. The Morgan fingerprint density at radius 3 is 2.76 bits per heavy atom. The second-order valence-electron chi connectivity index (χ2n) is 8.97. The van der Waals surface area contributed by atoms with Crippen molar-refractivity contribution in [3.05, 3.63) is 62.6 Å². The lowest BCUT2D eigenvalue weighted by atomic mass is 9.86. The lowest BCUT2D eigenvalue weighted by Crippen LogP contribution is -2.44. The van der Waals surface area contributed by atoms with Gasteiger partial charge in [0.1, 0.15) is 12.3 Å². The lowest BCUT2D eigenvalue weighted by Gasteiger charge is -2.31. The molecule has 0 spiro atoms. The summed E-state index contributed by atoms with van der Waals surface area (Å²) < 4.78 is 11.4. The SMILES string of the molecule is CCC1(O)C(=O)OCc2c1cc1n(c2=O)Cc2cc3c(N)c(C=C(NC(C)=O)C(=O)OC)ccc3nc2-1. The van der Waals surface area contributed by atoms with Crippen molar-refractivity contribution in [3.63, 3.8) is 0 Å². The first-order valence-corrected chi connectivity index (χ1v) is 11.6. The Morgan fingerprint density at radius 1 is 1.32 bits per heavy atom. The Morgan fingerprint density at radius 2 is 2.08 bits per heavy atom. The van der Waals surface area contributed by atoms with E-state index >= 15 is 0 Å². The van der Waals surface area contributed by atoms with Crippen LogP contribution in [0, 0.1) is 0 Å². The predicted molar refractivity (Wildman–Crippen MR) is 133 cm³/mol. The zero-order valence-electron chi connectivity index (χ0n) is 20.4. The zero-order chi connectivity index (χ0) is 26.6. The number of anilines is 1. The highest BCUT2D eigenvalue weighted by Crippen LogP contribution is 2.39. The number of aromatic nitrogens is 2. The van der Waals surface area contributed by atoms with Gasteiger partial charge >= 0.3 is 11.9 Å². The molecule has 2 aliphatic heterocycles. The van der Waals surface area contributed by atoms with Gasteiger partial charge in [-0.2, -0.15) is 0 Å². The molecule has 0 saturated carbocycles. The third kappa shape index (κ3) is 3.66. The molecule has 1 aromatic carbocycles. The summed E-state index contributed by atoms with van der Waals surface area (Å²) in [7, 11) is 1.20. The topological polar surface area (TPSA) is 163 Å². The van der Waals surface area contributed by atoms with Gasteiger partial charge in [-0.3, -0.25) is 9.59 Å². The van der Waals surface area contributed by atoms with Crippen LogP contribution in [0.3, 0.4) is 0 Å². The third-order valence-electron chi connectivity index (χ3n) is 6.78. The van der Waals surface area contributed by atoms with E-state index in [1.54, 1.807) is 25.1 Å². The summed E-state index contributed by atoms with van der Waals surface area (Å²) in [6.07, 6.45) is 1.48. The monoisotopic (exact) mass is 504 g/mol. The van der Waals surface area contributed by atoms with Gasteiger partial charge in [0, 0.05) is 34.7 Å². The van der Waals surface area contributed by atoms with E-state index in [0.717, 1.165) is 5.56 Å². The Hall–Kier alpha value is -4.51. The molecule has 1 atom stereocenters. The van der Waals surface area contributed by atoms with Gasteiger partial charge in [0.25, 0.3) is 5.56 Å². The number of fused-ring (bicyclic) bond motifs is 5. The van der Waals surface area contributed by atoms with Gasteiger partial charge in [0.05, 0.1) is 36.1 Å². The minimum Gasteiger partial charge on any atom is -0.464 e. The van der Waals surface area contributed by atoms with Crippen molar-refractivity contribution in [2.75, 3.05) is 12.8 Å². The first-order valence-electron chi connectivity index (χ1n) is 11.6. The van der Waals surface area contributed by atoms with E-state index in [4.69, 9.17) is 20.2 Å². The van der Waals surface area contributed by atoms with Crippen molar-refractivity contribution in [2.45, 2.75) is 39.0 Å². The molecular formula is C26H24N4O7. The number of aliphatic hydroxyl groups is 1. The van der Waals surface area contributed by atoms with Crippen LogP contribution in [0.25, 0.3) is 28.4 Å². The maximum absolute atomic E-state index is 13.3. The Bertz CT molecular complexity index is 1620. The molecule has 0 radical (unpaired) electrons. The largest absolute Gasteiger partial charge is 0.464 e. The standard InChI is InChI=1S/C26H24N4O7/c1-4-26(35)17-9-20-22-14(10-30(20)23(32)16(17)11-37-25(26)34)7-15-18(29-22)6-5-13(21(15)27)8-19(24(33)36-3)28-12(2)31/h5-9,35H,4,10-11,27H2,1-3H3,(H,28,31). The van der Waals surface area contributed by atoms with Crippen LogP contribution < -0.4 is 16.6 Å². The van der Waals surface area contributed by atoms with Crippen LogP contribution in [0.2, 0.25) is 0 Å². The van der Waals surface area contributed by atoms with E-state index in [1.807, 2.05) is 6.07 Å². The Kier molecular flexibility index (Phi) is 5.60. The van der Waals surface area contributed by atoms with Crippen LogP contribution in [-0.4, -0.2) is 39.6 Å². The minimum atomic E-state index is -1.90. The molecule has 11 heteroatoms. The number of esters is 2. The molecule has 4 heterocycles. The van der Waals surface area contributed by atoms with E-state index in [1.165, 1.54) is 24.7 Å². The highest BCUT2D eigenvalue weighted by Gasteiger charge is 2.45. The van der Waals surface area contributed by atoms with Gasteiger partial charge in [-0.25, -0.2) is 14.6 Å². The number of rotatable bonds is 4. The molecule has 0 aliphatic carbocycles. The van der Waals surface area contributed by atoms with Crippen LogP contribution in [-0.2, 0) is 42.6 Å². The smallest absolute Gasteiger partial charge is 0.354 e. The molecule has 0 saturated heterocycles. The molecule has 2 aromatic heterocycles. The van der Waals surface area contributed by atoms with Crippen molar-refractivity contribution in [1.82, 2.24) is 14.9 Å². The summed E-state index contributed by atoms with van der Waals surface area (Å²) in [5.41, 5.74) is 7.67. The summed E-state index contributed by atoms with van der Waals surface area (Å²) in [6, 6.07) is 6.82. The van der Waals surface area contributed by atoms with E-state index < -0.39 is 23.4 Å². The van der Waals surface area contributed by atoms with Crippen molar-refractivity contribution in [2.24, 2.45) is 0 Å². The van der Waals surface area contributed by atoms with Gasteiger partial charge in [0.15, 0.2) is 5.60 Å².